The van der Waals surface area contributed by atoms with E-state index < -0.39 is 0 Å². The number of hydroxylamine groups is 2. The molecule has 0 radical (unpaired) electrons. The van der Waals surface area contributed by atoms with E-state index in [0.29, 0.717) is 18.0 Å². The highest BCUT2D eigenvalue weighted by atomic mass is 16.5. The largest absolute Gasteiger partial charge is 0.756 e. The Hall–Kier alpha value is -0.650. The summed E-state index contributed by atoms with van der Waals surface area (Å²) in [5, 5.41) is 12.4. The fourth-order valence-electron chi connectivity index (χ4n) is 3.10. The average Bonchev–Trinajstić information content (AvgIpc) is 2.61. The third kappa shape index (κ3) is 11.0. The van der Waals surface area contributed by atoms with Gasteiger partial charge in [0.05, 0.1) is 13.2 Å². The van der Waals surface area contributed by atoms with Crippen molar-refractivity contribution in [2.75, 3.05) is 39.4 Å². The predicted octanol–water partition coefficient (Wildman–Crippen LogP) is 3.96. The highest BCUT2D eigenvalue weighted by Crippen LogP contribution is 2.11. The molecule has 0 unspecified atom stereocenters. The molecule has 1 rings (SSSR count). The second-order valence-electron chi connectivity index (χ2n) is 6.88. The molecule has 0 saturated carbocycles. The number of amides is 1. The van der Waals surface area contributed by atoms with E-state index >= 15 is 0 Å². The minimum atomic E-state index is -0.236. The topological polar surface area (TPSA) is 55.8 Å². The van der Waals surface area contributed by atoms with Crippen LogP contribution in [0.25, 0.3) is 0 Å². The molecule has 0 spiro atoms. The van der Waals surface area contributed by atoms with Crippen molar-refractivity contribution in [3.8, 4) is 0 Å². The Morgan fingerprint density at radius 3 is 2.17 bits per heavy atom. The molecule has 5 nitrogen and oxygen atoms in total. The first kappa shape index (κ1) is 21.4. The number of carbonyl (C=O) groups is 1. The lowest BCUT2D eigenvalue weighted by atomic mass is 10.1. The SMILES string of the molecule is CCCCCCCCCCCC(=O)N([O-])CCCN1CCOCC1. The molecule has 142 valence electrons. The van der Waals surface area contributed by atoms with Gasteiger partial charge in [-0.1, -0.05) is 58.3 Å². The van der Waals surface area contributed by atoms with Crippen molar-refractivity contribution in [3.05, 3.63) is 5.21 Å². The molecule has 0 aromatic heterocycles. The van der Waals surface area contributed by atoms with Crippen LogP contribution in [0, 0.1) is 5.21 Å². The van der Waals surface area contributed by atoms with Crippen LogP contribution in [-0.4, -0.2) is 55.3 Å². The molecule has 24 heavy (non-hydrogen) atoms. The first-order valence-corrected chi connectivity index (χ1v) is 10.0. The Labute approximate surface area is 148 Å². The van der Waals surface area contributed by atoms with Gasteiger partial charge >= 0.3 is 0 Å². The lowest BCUT2D eigenvalue weighted by Gasteiger charge is -2.31. The Balaban J connectivity index is 1.90. The van der Waals surface area contributed by atoms with E-state index in [1.807, 2.05) is 0 Å². The minimum Gasteiger partial charge on any atom is -0.756 e. The zero-order valence-electron chi connectivity index (χ0n) is 15.6. The Bertz CT molecular complexity index is 307. The molecule has 1 fully saturated rings. The van der Waals surface area contributed by atoms with Crippen molar-refractivity contribution in [1.82, 2.24) is 9.96 Å². The summed E-state index contributed by atoms with van der Waals surface area (Å²) in [7, 11) is 0. The van der Waals surface area contributed by atoms with Gasteiger partial charge in [0.2, 0.25) is 5.91 Å². The van der Waals surface area contributed by atoms with Crippen LogP contribution in [0.15, 0.2) is 0 Å². The Morgan fingerprint density at radius 1 is 0.958 bits per heavy atom. The zero-order chi connectivity index (χ0) is 17.5. The fraction of sp³-hybridized carbons (Fsp3) is 0.947. The van der Waals surface area contributed by atoms with E-state index in [1.54, 1.807) is 0 Å². The number of rotatable bonds is 14. The average molecular weight is 342 g/mol. The molecule has 1 aliphatic heterocycles. The molecular formula is C19H37N2O3-. The van der Waals surface area contributed by atoms with Gasteiger partial charge in [0, 0.05) is 26.1 Å². The summed E-state index contributed by atoms with van der Waals surface area (Å²) in [6, 6.07) is 0. The van der Waals surface area contributed by atoms with Gasteiger partial charge in [-0.05, 0) is 19.4 Å². The van der Waals surface area contributed by atoms with Crippen LogP contribution >= 0.6 is 0 Å². The quantitative estimate of drug-likeness (QED) is 0.354. The van der Waals surface area contributed by atoms with Gasteiger partial charge in [-0.2, -0.15) is 0 Å². The molecule has 0 bridgehead atoms. The van der Waals surface area contributed by atoms with E-state index in [9.17, 15) is 10.0 Å². The molecule has 0 atom stereocenters. The third-order valence-corrected chi connectivity index (χ3v) is 4.71. The summed E-state index contributed by atoms with van der Waals surface area (Å²) in [6.45, 7) is 6.87. The number of carbonyl (C=O) groups excluding carboxylic acids is 1. The van der Waals surface area contributed by atoms with E-state index in [0.717, 1.165) is 52.1 Å². The summed E-state index contributed by atoms with van der Waals surface area (Å²) < 4.78 is 5.29. The number of hydrogen-bond acceptors (Lipinski definition) is 4. The van der Waals surface area contributed by atoms with Gasteiger partial charge in [0.1, 0.15) is 0 Å². The molecule has 1 heterocycles. The first-order chi connectivity index (χ1) is 11.7. The lowest BCUT2D eigenvalue weighted by molar-refractivity contribution is -0.128. The number of morpholine rings is 1. The van der Waals surface area contributed by atoms with Crippen molar-refractivity contribution < 1.29 is 9.53 Å². The van der Waals surface area contributed by atoms with Gasteiger partial charge in [-0.15, -0.1) is 0 Å². The molecule has 1 amide bonds. The lowest BCUT2D eigenvalue weighted by Crippen LogP contribution is -2.38. The van der Waals surface area contributed by atoms with Crippen LogP contribution in [0.4, 0.5) is 0 Å². The summed E-state index contributed by atoms with van der Waals surface area (Å²) >= 11 is 0. The molecular weight excluding hydrogens is 304 g/mol. The monoisotopic (exact) mass is 341 g/mol. The van der Waals surface area contributed by atoms with Gasteiger partial charge in [0.25, 0.3) is 0 Å². The molecule has 0 N–H and O–H groups in total. The van der Waals surface area contributed by atoms with Gasteiger partial charge < -0.3 is 15.0 Å². The predicted molar refractivity (Wildman–Crippen MR) is 98.8 cm³/mol. The number of nitrogens with zero attached hydrogens (tertiary/aromatic N) is 2. The maximum absolute atomic E-state index is 11.8. The van der Waals surface area contributed by atoms with Crippen LogP contribution in [0.2, 0.25) is 0 Å². The van der Waals surface area contributed by atoms with Crippen LogP contribution in [0.3, 0.4) is 0 Å². The van der Waals surface area contributed by atoms with Crippen LogP contribution in [0.1, 0.15) is 77.6 Å². The van der Waals surface area contributed by atoms with Gasteiger partial charge in [-0.25, -0.2) is 0 Å². The van der Waals surface area contributed by atoms with E-state index in [4.69, 9.17) is 4.74 Å². The normalized spacial score (nSPS) is 15.6. The summed E-state index contributed by atoms with van der Waals surface area (Å²) in [5.74, 6) is -0.236. The second kappa shape index (κ2) is 14.7. The summed E-state index contributed by atoms with van der Waals surface area (Å²) in [5.41, 5.74) is 0. The van der Waals surface area contributed by atoms with Crippen molar-refractivity contribution in [2.45, 2.75) is 77.6 Å². The highest BCUT2D eigenvalue weighted by Gasteiger charge is 2.10. The summed E-state index contributed by atoms with van der Waals surface area (Å²) in [4.78, 5) is 14.1. The van der Waals surface area contributed by atoms with Crippen LogP contribution < -0.4 is 0 Å². The number of unbranched alkanes of at least 4 members (excludes halogenated alkanes) is 8. The molecule has 1 aliphatic rings. The molecule has 5 heteroatoms. The van der Waals surface area contributed by atoms with Crippen molar-refractivity contribution in [1.29, 1.82) is 0 Å². The van der Waals surface area contributed by atoms with Crippen LogP contribution in [0.5, 0.6) is 0 Å². The fourth-order valence-corrected chi connectivity index (χ4v) is 3.10. The molecule has 1 saturated heterocycles. The maximum atomic E-state index is 11.8. The number of ether oxygens (including phenoxy) is 1. The third-order valence-electron chi connectivity index (χ3n) is 4.71. The molecule has 0 aromatic carbocycles. The van der Waals surface area contributed by atoms with E-state index in [1.165, 1.54) is 44.9 Å². The standard InChI is InChI=1S/C19H37N2O3/c1-2-3-4-5-6-7-8-9-10-12-19(22)21(23)14-11-13-20-15-17-24-18-16-20/h2-18H2,1H3/q-1. The summed E-state index contributed by atoms with van der Waals surface area (Å²) in [6.07, 6.45) is 12.2. The van der Waals surface area contributed by atoms with Crippen LogP contribution in [-0.2, 0) is 9.53 Å². The minimum absolute atomic E-state index is 0.236. The Kier molecular flexibility index (Phi) is 13.1. The smallest absolute Gasteiger partial charge is 0.212 e. The van der Waals surface area contributed by atoms with Crippen molar-refractivity contribution in [3.63, 3.8) is 0 Å². The first-order valence-electron chi connectivity index (χ1n) is 10.0. The van der Waals surface area contributed by atoms with E-state index in [2.05, 4.69) is 11.8 Å². The molecule has 0 aromatic rings. The molecule has 0 aliphatic carbocycles. The van der Waals surface area contributed by atoms with Gasteiger partial charge in [0.15, 0.2) is 0 Å². The highest BCUT2D eigenvalue weighted by molar-refractivity contribution is 5.76. The number of hydrogen-bond donors (Lipinski definition) is 0. The van der Waals surface area contributed by atoms with E-state index in [-0.39, 0.29) is 5.91 Å². The second-order valence-corrected chi connectivity index (χ2v) is 6.88. The van der Waals surface area contributed by atoms with Gasteiger partial charge in [-0.3, -0.25) is 9.69 Å². The zero-order valence-corrected chi connectivity index (χ0v) is 15.6. The Morgan fingerprint density at radius 2 is 1.54 bits per heavy atom. The van der Waals surface area contributed by atoms with Crippen molar-refractivity contribution in [2.24, 2.45) is 0 Å². The van der Waals surface area contributed by atoms with Crippen molar-refractivity contribution >= 4 is 5.91 Å². The maximum Gasteiger partial charge on any atom is 0.212 e.